The average Bonchev–Trinajstić information content (AvgIpc) is 2.86. The minimum atomic E-state index is 0.320. The summed E-state index contributed by atoms with van der Waals surface area (Å²) >= 11 is 6.15. The highest BCUT2D eigenvalue weighted by Crippen LogP contribution is 2.63. The van der Waals surface area contributed by atoms with E-state index in [4.69, 9.17) is 16.3 Å². The third-order valence-electron chi connectivity index (χ3n) is 5.73. The summed E-state index contributed by atoms with van der Waals surface area (Å²) in [4.78, 5) is 0. The van der Waals surface area contributed by atoms with Gasteiger partial charge in [-0.1, -0.05) is 32.4 Å². The second kappa shape index (κ2) is 4.56. The predicted molar refractivity (Wildman–Crippen MR) is 84.6 cm³/mol. The molecule has 2 aliphatic carbocycles. The third kappa shape index (κ3) is 2.00. The van der Waals surface area contributed by atoms with E-state index in [9.17, 15) is 0 Å². The van der Waals surface area contributed by atoms with Gasteiger partial charge in [-0.3, -0.25) is 0 Å². The summed E-state index contributed by atoms with van der Waals surface area (Å²) in [5.74, 6) is 1.70. The summed E-state index contributed by atoms with van der Waals surface area (Å²) in [5, 5.41) is 4.50. The van der Waals surface area contributed by atoms with E-state index in [-0.39, 0.29) is 0 Å². The van der Waals surface area contributed by atoms with E-state index in [1.807, 2.05) is 18.2 Å². The molecule has 2 bridgehead atoms. The Balaban J connectivity index is 1.93. The Morgan fingerprint density at radius 2 is 2.05 bits per heavy atom. The maximum atomic E-state index is 6.15. The number of halogens is 1. The average molecular weight is 294 g/mol. The zero-order chi connectivity index (χ0) is 14.5. The molecule has 2 aliphatic rings. The van der Waals surface area contributed by atoms with Gasteiger partial charge in [0, 0.05) is 11.1 Å². The van der Waals surface area contributed by atoms with Gasteiger partial charge in [0.25, 0.3) is 0 Å². The molecule has 1 aromatic rings. The molecule has 0 aromatic heterocycles. The summed E-state index contributed by atoms with van der Waals surface area (Å²) in [6.07, 6.45) is 4.02. The van der Waals surface area contributed by atoms with Gasteiger partial charge in [-0.15, -0.1) is 0 Å². The smallest absolute Gasteiger partial charge is 0.142 e. The molecule has 0 heterocycles. The first-order valence-corrected chi connectivity index (χ1v) is 7.85. The third-order valence-corrected chi connectivity index (χ3v) is 5.97. The largest absolute Gasteiger partial charge is 0.495 e. The lowest BCUT2D eigenvalue weighted by Gasteiger charge is -2.43. The van der Waals surface area contributed by atoms with E-state index in [2.05, 4.69) is 26.1 Å². The van der Waals surface area contributed by atoms with Crippen LogP contribution < -0.4 is 10.1 Å². The van der Waals surface area contributed by atoms with Crippen molar-refractivity contribution in [2.75, 3.05) is 12.4 Å². The van der Waals surface area contributed by atoms with Crippen LogP contribution in [0.15, 0.2) is 18.2 Å². The van der Waals surface area contributed by atoms with Crippen LogP contribution >= 0.6 is 11.6 Å². The molecule has 0 amide bonds. The molecule has 3 heteroatoms. The summed E-state index contributed by atoms with van der Waals surface area (Å²) in [7, 11) is 1.71. The van der Waals surface area contributed by atoms with Crippen LogP contribution in [-0.4, -0.2) is 13.2 Å². The molecule has 2 fully saturated rings. The maximum Gasteiger partial charge on any atom is 0.142 e. The molecule has 110 valence electrons. The highest BCUT2D eigenvalue weighted by molar-refractivity contribution is 6.30. The topological polar surface area (TPSA) is 21.3 Å². The van der Waals surface area contributed by atoms with Gasteiger partial charge in [0.05, 0.1) is 12.8 Å². The molecule has 1 N–H and O–H groups in total. The second-order valence-electron chi connectivity index (χ2n) is 7.34. The Kier molecular flexibility index (Phi) is 3.20. The molecule has 0 radical (unpaired) electrons. The molecule has 2 nitrogen and oxygen atoms in total. The molecule has 0 aliphatic heterocycles. The molecule has 3 atom stereocenters. The zero-order valence-electron chi connectivity index (χ0n) is 12.8. The van der Waals surface area contributed by atoms with E-state index in [1.54, 1.807) is 7.11 Å². The van der Waals surface area contributed by atoms with Gasteiger partial charge < -0.3 is 10.1 Å². The highest BCUT2D eigenvalue weighted by Gasteiger charge is 2.59. The maximum absolute atomic E-state index is 6.15. The molecule has 2 saturated carbocycles. The second-order valence-corrected chi connectivity index (χ2v) is 7.77. The lowest BCUT2D eigenvalue weighted by Crippen LogP contribution is -2.45. The van der Waals surface area contributed by atoms with Gasteiger partial charge in [-0.05, 0) is 54.2 Å². The van der Waals surface area contributed by atoms with Crippen LogP contribution in [0.25, 0.3) is 0 Å². The van der Waals surface area contributed by atoms with Gasteiger partial charge in [-0.2, -0.15) is 0 Å². The van der Waals surface area contributed by atoms with E-state index in [0.717, 1.165) is 22.4 Å². The van der Waals surface area contributed by atoms with E-state index >= 15 is 0 Å². The molecule has 0 spiro atoms. The highest BCUT2D eigenvalue weighted by atomic mass is 35.5. The minimum absolute atomic E-state index is 0.320. The predicted octanol–water partition coefficient (Wildman–Crippen LogP) is 4.98. The molecular formula is C17H24ClNO. The molecule has 1 unspecified atom stereocenters. The molecule has 20 heavy (non-hydrogen) atoms. The van der Waals surface area contributed by atoms with E-state index in [1.165, 1.54) is 19.3 Å². The molecular weight excluding hydrogens is 270 g/mol. The summed E-state index contributed by atoms with van der Waals surface area (Å²) in [5.41, 5.74) is 1.73. The number of hydrogen-bond donors (Lipinski definition) is 1. The first kappa shape index (κ1) is 14.1. The summed E-state index contributed by atoms with van der Waals surface area (Å²) < 4.78 is 5.47. The summed E-state index contributed by atoms with van der Waals surface area (Å²) in [6.45, 7) is 7.23. The summed E-state index contributed by atoms with van der Waals surface area (Å²) in [6, 6.07) is 6.26. The Morgan fingerprint density at radius 3 is 2.65 bits per heavy atom. The van der Waals surface area contributed by atoms with Crippen molar-refractivity contribution >= 4 is 17.3 Å². The first-order chi connectivity index (χ1) is 9.37. The van der Waals surface area contributed by atoms with Crippen LogP contribution in [0.3, 0.4) is 0 Å². The van der Waals surface area contributed by atoms with Crippen LogP contribution in [0.1, 0.15) is 40.0 Å². The molecule has 0 saturated heterocycles. The molecule has 1 aromatic carbocycles. The fourth-order valence-corrected chi connectivity index (χ4v) is 4.78. The number of rotatable bonds is 3. The fourth-order valence-electron chi connectivity index (χ4n) is 4.61. The lowest BCUT2D eigenvalue weighted by atomic mass is 9.68. The van der Waals surface area contributed by atoms with Crippen LogP contribution in [0, 0.1) is 16.7 Å². The van der Waals surface area contributed by atoms with Crippen molar-refractivity contribution in [2.24, 2.45) is 16.7 Å². The van der Waals surface area contributed by atoms with Crippen LogP contribution in [0.2, 0.25) is 5.02 Å². The van der Waals surface area contributed by atoms with Gasteiger partial charge in [0.1, 0.15) is 5.75 Å². The van der Waals surface area contributed by atoms with E-state index in [0.29, 0.717) is 16.9 Å². The van der Waals surface area contributed by atoms with Crippen LogP contribution in [0.5, 0.6) is 5.75 Å². The number of nitrogens with one attached hydrogen (secondary N) is 1. The lowest BCUT2D eigenvalue weighted by molar-refractivity contribution is 0.155. The molecule has 3 rings (SSSR count). The monoisotopic (exact) mass is 293 g/mol. The van der Waals surface area contributed by atoms with Gasteiger partial charge in [0.15, 0.2) is 0 Å². The minimum Gasteiger partial charge on any atom is -0.495 e. The van der Waals surface area contributed by atoms with Crippen LogP contribution in [-0.2, 0) is 0 Å². The Labute approximate surface area is 126 Å². The van der Waals surface area contributed by atoms with Crippen LogP contribution in [0.4, 0.5) is 5.69 Å². The van der Waals surface area contributed by atoms with Crippen molar-refractivity contribution in [2.45, 2.75) is 46.1 Å². The van der Waals surface area contributed by atoms with Crippen molar-refractivity contribution < 1.29 is 4.74 Å². The normalized spacial score (nSPS) is 34.2. The number of fused-ring (bicyclic) bond motifs is 2. The Morgan fingerprint density at radius 1 is 1.30 bits per heavy atom. The van der Waals surface area contributed by atoms with Crippen molar-refractivity contribution in [3.63, 3.8) is 0 Å². The Bertz CT molecular complexity index is 523. The van der Waals surface area contributed by atoms with Gasteiger partial charge in [0.2, 0.25) is 0 Å². The van der Waals surface area contributed by atoms with E-state index < -0.39 is 0 Å². The number of anilines is 1. The fraction of sp³-hybridized carbons (Fsp3) is 0.647. The van der Waals surface area contributed by atoms with Crippen molar-refractivity contribution in [3.8, 4) is 5.75 Å². The quantitative estimate of drug-likeness (QED) is 0.849. The van der Waals surface area contributed by atoms with Crippen molar-refractivity contribution in [1.29, 1.82) is 0 Å². The van der Waals surface area contributed by atoms with Gasteiger partial charge in [-0.25, -0.2) is 0 Å². The number of ether oxygens (including phenoxy) is 1. The number of benzene rings is 1. The van der Waals surface area contributed by atoms with Crippen molar-refractivity contribution in [1.82, 2.24) is 0 Å². The van der Waals surface area contributed by atoms with Crippen molar-refractivity contribution in [3.05, 3.63) is 23.2 Å². The first-order valence-electron chi connectivity index (χ1n) is 7.47. The number of hydrogen-bond acceptors (Lipinski definition) is 2. The zero-order valence-corrected chi connectivity index (χ0v) is 13.6. The SMILES string of the molecule is COc1ccc(Cl)cc1NC1C(C)(C)[C@H]2CC[C@]1(C)C2. The standard InChI is InChI=1S/C17H24ClNO/c1-16(2)11-7-8-17(3,10-11)15(16)19-13-9-12(18)5-6-14(13)20-4/h5-6,9,11,15,19H,7-8,10H2,1-4H3/t11-,15?,17+/m0/s1. The van der Waals surface area contributed by atoms with Gasteiger partial charge >= 0.3 is 0 Å². The Hall–Kier alpha value is -0.890. The number of methoxy groups -OCH3 is 1.